The van der Waals surface area contributed by atoms with Crippen molar-refractivity contribution < 1.29 is 32.2 Å². The number of hydrogen-bond donors (Lipinski definition) is 0. The normalized spacial score (nSPS) is 19.3. The molecule has 0 saturated carbocycles. The van der Waals surface area contributed by atoms with Crippen LogP contribution in [-0.4, -0.2) is 91.3 Å². The SMILES string of the molecule is CCOC(=O)CCN1CCN(C2(CN(C(=O)CC)c3cccc(C(F)(F)F)n3)CCOCC2)CC1. The molecule has 1 amide bonds. The molecule has 3 rings (SSSR count). The van der Waals surface area contributed by atoms with E-state index in [0.717, 1.165) is 32.2 Å². The number of anilines is 1. The zero-order valence-corrected chi connectivity index (χ0v) is 20.5. The van der Waals surface area contributed by atoms with Gasteiger partial charge < -0.3 is 14.4 Å². The summed E-state index contributed by atoms with van der Waals surface area (Å²) in [5.41, 5.74) is -1.44. The Bertz CT molecular complexity index is 853. The maximum atomic E-state index is 13.3. The van der Waals surface area contributed by atoms with Crippen molar-refractivity contribution >= 4 is 17.7 Å². The van der Waals surface area contributed by atoms with Crippen LogP contribution in [0.25, 0.3) is 0 Å². The summed E-state index contributed by atoms with van der Waals surface area (Å²) in [7, 11) is 0. The molecule has 196 valence electrons. The first-order valence-corrected chi connectivity index (χ1v) is 12.2. The molecule has 0 radical (unpaired) electrons. The molecule has 1 aromatic heterocycles. The maximum absolute atomic E-state index is 13.3. The highest BCUT2D eigenvalue weighted by Crippen LogP contribution is 2.33. The van der Waals surface area contributed by atoms with E-state index in [1.165, 1.54) is 17.0 Å². The number of nitrogens with zero attached hydrogens (tertiary/aromatic N) is 4. The topological polar surface area (TPSA) is 75.2 Å². The summed E-state index contributed by atoms with van der Waals surface area (Å²) in [6.07, 6.45) is -2.75. The molecule has 2 aliphatic rings. The van der Waals surface area contributed by atoms with Gasteiger partial charge in [-0.25, -0.2) is 4.98 Å². The lowest BCUT2D eigenvalue weighted by atomic mass is 9.86. The number of rotatable bonds is 9. The Hall–Kier alpha value is -2.24. The summed E-state index contributed by atoms with van der Waals surface area (Å²) in [4.78, 5) is 34.4. The Kier molecular flexibility index (Phi) is 9.48. The lowest BCUT2D eigenvalue weighted by Crippen LogP contribution is -2.63. The van der Waals surface area contributed by atoms with Gasteiger partial charge in [0.1, 0.15) is 11.5 Å². The summed E-state index contributed by atoms with van der Waals surface area (Å²) in [5, 5.41) is 0. The van der Waals surface area contributed by atoms with Crippen molar-refractivity contribution in [3.63, 3.8) is 0 Å². The molecule has 0 spiro atoms. The van der Waals surface area contributed by atoms with E-state index in [4.69, 9.17) is 9.47 Å². The summed E-state index contributed by atoms with van der Waals surface area (Å²) >= 11 is 0. The number of alkyl halides is 3. The van der Waals surface area contributed by atoms with E-state index in [1.807, 2.05) is 0 Å². The average Bonchev–Trinajstić information content (AvgIpc) is 2.86. The number of ether oxygens (including phenoxy) is 2. The van der Waals surface area contributed by atoms with Gasteiger partial charge in [0, 0.05) is 64.4 Å². The van der Waals surface area contributed by atoms with E-state index in [2.05, 4.69) is 14.8 Å². The van der Waals surface area contributed by atoms with Crippen LogP contribution in [0.4, 0.5) is 19.0 Å². The fraction of sp³-hybridized carbons (Fsp3) is 0.708. The minimum atomic E-state index is -4.59. The third-order valence-electron chi connectivity index (χ3n) is 6.76. The Balaban J connectivity index is 1.76. The Morgan fingerprint density at radius 3 is 2.43 bits per heavy atom. The molecule has 2 fully saturated rings. The molecule has 35 heavy (non-hydrogen) atoms. The number of pyridine rings is 1. The zero-order valence-electron chi connectivity index (χ0n) is 20.5. The summed E-state index contributed by atoms with van der Waals surface area (Å²) < 4.78 is 50.5. The fourth-order valence-corrected chi connectivity index (χ4v) is 4.77. The number of esters is 1. The van der Waals surface area contributed by atoms with E-state index in [0.29, 0.717) is 45.6 Å². The molecule has 0 N–H and O–H groups in total. The molecule has 2 saturated heterocycles. The van der Waals surface area contributed by atoms with Crippen LogP contribution < -0.4 is 4.90 Å². The number of halogens is 3. The van der Waals surface area contributed by atoms with E-state index >= 15 is 0 Å². The number of amides is 1. The van der Waals surface area contributed by atoms with Gasteiger partial charge in [0.05, 0.1) is 13.0 Å². The van der Waals surface area contributed by atoms with E-state index < -0.39 is 17.4 Å². The van der Waals surface area contributed by atoms with Crippen molar-refractivity contribution in [1.29, 1.82) is 0 Å². The van der Waals surface area contributed by atoms with Gasteiger partial charge in [0.2, 0.25) is 5.91 Å². The Morgan fingerprint density at radius 2 is 1.83 bits per heavy atom. The van der Waals surface area contributed by atoms with Crippen LogP contribution in [0.1, 0.15) is 45.2 Å². The molecular weight excluding hydrogens is 465 g/mol. The minimum Gasteiger partial charge on any atom is -0.466 e. The predicted molar refractivity (Wildman–Crippen MR) is 124 cm³/mol. The number of hydrogen-bond acceptors (Lipinski definition) is 7. The van der Waals surface area contributed by atoms with Crippen LogP contribution in [0.3, 0.4) is 0 Å². The monoisotopic (exact) mass is 500 g/mol. The number of aromatic nitrogens is 1. The smallest absolute Gasteiger partial charge is 0.433 e. The van der Waals surface area contributed by atoms with E-state index in [9.17, 15) is 22.8 Å². The third kappa shape index (κ3) is 7.14. The molecule has 0 aromatic carbocycles. The van der Waals surface area contributed by atoms with Crippen LogP contribution >= 0.6 is 0 Å². The second kappa shape index (κ2) is 12.1. The van der Waals surface area contributed by atoms with E-state index in [1.54, 1.807) is 13.8 Å². The van der Waals surface area contributed by atoms with Gasteiger partial charge in [-0.2, -0.15) is 13.2 Å². The standard InChI is InChI=1S/C24H35F3N4O4/c1-3-21(32)31(20-7-5-6-19(28-20)24(25,26)27)18-23(9-16-34-17-10-23)30-14-12-29(13-15-30)11-8-22(33)35-4-2/h5-7H,3-4,8-18H2,1-2H3. The van der Waals surface area contributed by atoms with Crippen molar-refractivity contribution in [1.82, 2.24) is 14.8 Å². The van der Waals surface area contributed by atoms with Gasteiger partial charge in [-0.05, 0) is 31.9 Å². The molecule has 0 unspecified atom stereocenters. The molecule has 0 atom stereocenters. The first-order chi connectivity index (χ1) is 16.7. The Labute approximate surface area is 204 Å². The summed E-state index contributed by atoms with van der Waals surface area (Å²) in [5.74, 6) is -0.459. The van der Waals surface area contributed by atoms with Crippen LogP contribution in [-0.2, 0) is 25.2 Å². The fourth-order valence-electron chi connectivity index (χ4n) is 4.77. The predicted octanol–water partition coefficient (Wildman–Crippen LogP) is 2.96. The number of piperazine rings is 1. The van der Waals surface area contributed by atoms with E-state index in [-0.39, 0.29) is 30.7 Å². The lowest BCUT2D eigenvalue weighted by Gasteiger charge is -2.51. The van der Waals surface area contributed by atoms with Crippen molar-refractivity contribution in [2.24, 2.45) is 0 Å². The highest BCUT2D eigenvalue weighted by Gasteiger charge is 2.43. The van der Waals surface area contributed by atoms with Gasteiger partial charge in [-0.15, -0.1) is 0 Å². The van der Waals surface area contributed by atoms with Crippen molar-refractivity contribution in [2.45, 2.75) is 51.2 Å². The maximum Gasteiger partial charge on any atom is 0.433 e. The molecule has 0 bridgehead atoms. The Morgan fingerprint density at radius 1 is 1.14 bits per heavy atom. The minimum absolute atomic E-state index is 0.0191. The molecule has 0 aliphatic carbocycles. The van der Waals surface area contributed by atoms with Gasteiger partial charge in [-0.1, -0.05) is 13.0 Å². The van der Waals surface area contributed by atoms with Gasteiger partial charge >= 0.3 is 12.1 Å². The van der Waals surface area contributed by atoms with Gasteiger partial charge in [0.25, 0.3) is 0 Å². The first kappa shape index (κ1) is 27.3. The second-order valence-electron chi connectivity index (χ2n) is 8.93. The van der Waals surface area contributed by atoms with Crippen LogP contribution in [0, 0.1) is 0 Å². The number of carbonyl (C=O) groups is 2. The lowest BCUT2D eigenvalue weighted by molar-refractivity contribution is -0.144. The van der Waals surface area contributed by atoms with Crippen LogP contribution in [0.2, 0.25) is 0 Å². The molecule has 2 aliphatic heterocycles. The van der Waals surface area contributed by atoms with Crippen LogP contribution in [0.15, 0.2) is 18.2 Å². The summed E-state index contributed by atoms with van der Waals surface area (Å²) in [6.45, 7) is 8.73. The quantitative estimate of drug-likeness (QED) is 0.483. The third-order valence-corrected chi connectivity index (χ3v) is 6.76. The van der Waals surface area contributed by atoms with Crippen molar-refractivity contribution in [2.75, 3.05) is 64.0 Å². The van der Waals surface area contributed by atoms with Crippen LogP contribution in [0.5, 0.6) is 0 Å². The summed E-state index contributed by atoms with van der Waals surface area (Å²) in [6, 6.07) is 3.67. The van der Waals surface area contributed by atoms with Gasteiger partial charge in [0.15, 0.2) is 0 Å². The highest BCUT2D eigenvalue weighted by molar-refractivity contribution is 5.92. The largest absolute Gasteiger partial charge is 0.466 e. The van der Waals surface area contributed by atoms with Crippen molar-refractivity contribution in [3.8, 4) is 0 Å². The molecular formula is C24H35F3N4O4. The van der Waals surface area contributed by atoms with Gasteiger partial charge in [-0.3, -0.25) is 19.4 Å². The second-order valence-corrected chi connectivity index (χ2v) is 8.93. The first-order valence-electron chi connectivity index (χ1n) is 12.2. The highest BCUT2D eigenvalue weighted by atomic mass is 19.4. The molecule has 11 heteroatoms. The average molecular weight is 501 g/mol. The zero-order chi connectivity index (χ0) is 25.5. The van der Waals surface area contributed by atoms with Crippen molar-refractivity contribution in [3.05, 3.63) is 23.9 Å². The molecule has 1 aromatic rings. The molecule has 8 nitrogen and oxygen atoms in total. The number of carbonyl (C=O) groups excluding carboxylic acids is 2. The molecule has 3 heterocycles.